The first-order chi connectivity index (χ1) is 4.33. The molecule has 0 saturated carbocycles. The molecular formula is C7H13BrOS. The van der Waals surface area contributed by atoms with E-state index < -0.39 is 0 Å². The first-order valence-electron chi connectivity index (χ1n) is 3.20. The third kappa shape index (κ3) is 5.30. The Labute approximate surface area is 75.1 Å². The van der Waals surface area contributed by atoms with Crippen molar-refractivity contribution >= 4 is 32.8 Å². The van der Waals surface area contributed by atoms with Gasteiger partial charge in [-0.1, -0.05) is 48.5 Å². The van der Waals surface area contributed by atoms with Crippen molar-refractivity contribution in [1.29, 1.82) is 0 Å². The molecule has 60 valence electrons. The van der Waals surface area contributed by atoms with Crippen LogP contribution >= 0.6 is 27.7 Å². The van der Waals surface area contributed by atoms with E-state index >= 15 is 0 Å². The summed E-state index contributed by atoms with van der Waals surface area (Å²) in [6.07, 6.45) is 0. The van der Waals surface area contributed by atoms with Crippen LogP contribution in [-0.4, -0.2) is 14.7 Å². The number of hydrogen-bond donors (Lipinski definition) is 0. The number of rotatable bonds is 1. The second-order valence-electron chi connectivity index (χ2n) is 3.15. The van der Waals surface area contributed by atoms with E-state index in [1.54, 1.807) is 0 Å². The van der Waals surface area contributed by atoms with Gasteiger partial charge in [0.05, 0.1) is 4.83 Å². The van der Waals surface area contributed by atoms with Crippen molar-refractivity contribution in [2.24, 2.45) is 0 Å². The Kier molecular flexibility index (Phi) is 3.95. The number of halogens is 1. The van der Waals surface area contributed by atoms with Crippen molar-refractivity contribution in [2.75, 3.05) is 0 Å². The highest BCUT2D eigenvalue weighted by molar-refractivity contribution is 9.10. The van der Waals surface area contributed by atoms with Crippen molar-refractivity contribution in [1.82, 2.24) is 0 Å². The highest BCUT2D eigenvalue weighted by Crippen LogP contribution is 2.26. The van der Waals surface area contributed by atoms with E-state index in [-0.39, 0.29) is 14.7 Å². The fourth-order valence-corrected chi connectivity index (χ4v) is 1.43. The molecule has 1 atom stereocenters. The van der Waals surface area contributed by atoms with Gasteiger partial charge in [-0.25, -0.2) is 0 Å². The van der Waals surface area contributed by atoms with E-state index in [1.807, 2.05) is 27.7 Å². The molecule has 0 amide bonds. The van der Waals surface area contributed by atoms with E-state index in [1.165, 1.54) is 11.8 Å². The van der Waals surface area contributed by atoms with Gasteiger partial charge in [-0.15, -0.1) is 0 Å². The Hall–Kier alpha value is 0.500. The molecule has 0 aliphatic heterocycles. The maximum Gasteiger partial charge on any atom is 0.202 e. The Morgan fingerprint density at radius 2 is 1.90 bits per heavy atom. The molecule has 0 heterocycles. The highest BCUT2D eigenvalue weighted by Gasteiger charge is 2.19. The topological polar surface area (TPSA) is 17.1 Å². The summed E-state index contributed by atoms with van der Waals surface area (Å²) < 4.78 is 0.0408. The largest absolute Gasteiger partial charge is 0.286 e. The quantitative estimate of drug-likeness (QED) is 0.638. The number of hydrogen-bond acceptors (Lipinski definition) is 2. The summed E-state index contributed by atoms with van der Waals surface area (Å²) in [6.45, 7) is 7.95. The second-order valence-corrected chi connectivity index (χ2v) is 6.35. The zero-order chi connectivity index (χ0) is 8.36. The average Bonchev–Trinajstić information content (AvgIpc) is 1.60. The summed E-state index contributed by atoms with van der Waals surface area (Å²) in [7, 11) is 0. The van der Waals surface area contributed by atoms with E-state index in [4.69, 9.17) is 0 Å². The van der Waals surface area contributed by atoms with Crippen molar-refractivity contribution in [3.63, 3.8) is 0 Å². The molecule has 0 aromatic heterocycles. The lowest BCUT2D eigenvalue weighted by Crippen LogP contribution is -2.16. The molecule has 0 N–H and O–H groups in total. The van der Waals surface area contributed by atoms with Gasteiger partial charge in [0.2, 0.25) is 5.12 Å². The summed E-state index contributed by atoms with van der Waals surface area (Å²) in [5.74, 6) is 0. The fourth-order valence-electron chi connectivity index (χ4n) is 0.383. The lowest BCUT2D eigenvalue weighted by Gasteiger charge is -2.16. The van der Waals surface area contributed by atoms with E-state index in [2.05, 4.69) is 15.9 Å². The number of alkyl halides is 1. The second kappa shape index (κ2) is 3.77. The van der Waals surface area contributed by atoms with Crippen LogP contribution in [0.15, 0.2) is 0 Å². The molecule has 0 aromatic carbocycles. The van der Waals surface area contributed by atoms with Crippen LogP contribution in [0, 0.1) is 0 Å². The Balaban J connectivity index is 3.81. The summed E-state index contributed by atoms with van der Waals surface area (Å²) >= 11 is 4.60. The first kappa shape index (κ1) is 10.5. The summed E-state index contributed by atoms with van der Waals surface area (Å²) in [5, 5.41) is 0.201. The van der Waals surface area contributed by atoms with Crippen LogP contribution in [-0.2, 0) is 4.79 Å². The zero-order valence-electron chi connectivity index (χ0n) is 6.77. The molecule has 1 unspecified atom stereocenters. The molecule has 0 aliphatic carbocycles. The number of carbonyl (C=O) groups is 1. The van der Waals surface area contributed by atoms with Crippen molar-refractivity contribution in [3.05, 3.63) is 0 Å². The lowest BCUT2D eigenvalue weighted by molar-refractivity contribution is -0.110. The molecule has 1 nitrogen and oxygen atoms in total. The van der Waals surface area contributed by atoms with Gasteiger partial charge >= 0.3 is 0 Å². The average molecular weight is 225 g/mol. The normalized spacial score (nSPS) is 14.9. The van der Waals surface area contributed by atoms with Gasteiger partial charge in [-0.3, -0.25) is 4.79 Å². The molecule has 0 fully saturated rings. The van der Waals surface area contributed by atoms with E-state index in [0.29, 0.717) is 0 Å². The molecule has 0 saturated heterocycles. The number of thioether (sulfide) groups is 1. The van der Waals surface area contributed by atoms with Crippen molar-refractivity contribution < 1.29 is 4.79 Å². The van der Waals surface area contributed by atoms with Gasteiger partial charge in [-0.2, -0.15) is 0 Å². The molecule has 0 spiro atoms. The van der Waals surface area contributed by atoms with E-state index in [0.717, 1.165) is 0 Å². The van der Waals surface area contributed by atoms with Crippen LogP contribution in [0.3, 0.4) is 0 Å². The molecule has 0 aliphatic rings. The van der Waals surface area contributed by atoms with Crippen LogP contribution in [0.25, 0.3) is 0 Å². The third-order valence-corrected chi connectivity index (χ3v) is 2.62. The SMILES string of the molecule is CC(Br)C(=O)SC(C)(C)C. The molecule has 0 radical (unpaired) electrons. The molecule has 10 heavy (non-hydrogen) atoms. The summed E-state index contributed by atoms with van der Waals surface area (Å²) in [4.78, 5) is 11.0. The smallest absolute Gasteiger partial charge is 0.202 e. The van der Waals surface area contributed by atoms with Crippen LogP contribution < -0.4 is 0 Å². The van der Waals surface area contributed by atoms with Crippen LogP contribution in [0.2, 0.25) is 0 Å². The molecule has 0 aromatic rings. The van der Waals surface area contributed by atoms with E-state index in [9.17, 15) is 4.79 Å². The van der Waals surface area contributed by atoms with Crippen LogP contribution in [0.5, 0.6) is 0 Å². The van der Waals surface area contributed by atoms with Crippen molar-refractivity contribution in [3.8, 4) is 0 Å². The first-order valence-corrected chi connectivity index (χ1v) is 4.93. The Bertz CT molecular complexity index is 126. The van der Waals surface area contributed by atoms with Gasteiger partial charge in [0.25, 0.3) is 0 Å². The summed E-state index contributed by atoms with van der Waals surface area (Å²) in [5.41, 5.74) is 0. The monoisotopic (exact) mass is 224 g/mol. The maximum atomic E-state index is 11.1. The minimum Gasteiger partial charge on any atom is -0.286 e. The maximum absolute atomic E-state index is 11.1. The molecule has 0 rings (SSSR count). The van der Waals surface area contributed by atoms with Crippen LogP contribution in [0.4, 0.5) is 0 Å². The van der Waals surface area contributed by atoms with Gasteiger partial charge in [0.1, 0.15) is 0 Å². The van der Waals surface area contributed by atoms with Crippen molar-refractivity contribution in [2.45, 2.75) is 37.3 Å². The Morgan fingerprint density at radius 3 is 2.00 bits per heavy atom. The highest BCUT2D eigenvalue weighted by atomic mass is 79.9. The Morgan fingerprint density at radius 1 is 1.50 bits per heavy atom. The third-order valence-electron chi connectivity index (χ3n) is 0.732. The van der Waals surface area contributed by atoms with Gasteiger partial charge in [0, 0.05) is 4.75 Å². The lowest BCUT2D eigenvalue weighted by atomic mass is 10.3. The van der Waals surface area contributed by atoms with Gasteiger partial charge in [-0.05, 0) is 6.92 Å². The number of carbonyl (C=O) groups excluding carboxylic acids is 1. The molecule has 0 bridgehead atoms. The van der Waals surface area contributed by atoms with Gasteiger partial charge < -0.3 is 0 Å². The van der Waals surface area contributed by atoms with Gasteiger partial charge in [0.15, 0.2) is 0 Å². The molecule has 3 heteroatoms. The van der Waals surface area contributed by atoms with Crippen LogP contribution in [0.1, 0.15) is 27.7 Å². The summed E-state index contributed by atoms with van der Waals surface area (Å²) in [6, 6.07) is 0. The standard InChI is InChI=1S/C7H13BrOS/c1-5(8)6(9)10-7(2,3)4/h5H,1-4H3. The minimum atomic E-state index is -0.0308. The predicted octanol–water partition coefficient (Wildman–Crippen LogP) is 2.83. The fraction of sp³-hybridized carbons (Fsp3) is 0.857. The zero-order valence-corrected chi connectivity index (χ0v) is 9.17. The molecular weight excluding hydrogens is 212 g/mol. The minimum absolute atomic E-state index is 0.0308. The predicted molar refractivity (Wildman–Crippen MR) is 50.7 cm³/mol.